The Bertz CT molecular complexity index is 350. The number of nitrogen functional groups attached to an aromatic ring is 1. The second-order valence-corrected chi connectivity index (χ2v) is 2.98. The van der Waals surface area contributed by atoms with Gasteiger partial charge in [0.1, 0.15) is 5.82 Å². The number of anilines is 1. The third kappa shape index (κ3) is 2.00. The van der Waals surface area contributed by atoms with E-state index in [-0.39, 0.29) is 6.04 Å². The molecule has 1 rings (SSSR count). The lowest BCUT2D eigenvalue weighted by molar-refractivity contribution is 0.0600. The molecule has 0 saturated heterocycles. The fraction of sp³-hybridized carbons (Fsp3) is 0.333. The Hall–Kier alpha value is -1.62. The molecule has 0 aliphatic heterocycles. The van der Waals surface area contributed by atoms with E-state index in [4.69, 9.17) is 11.5 Å². The summed E-state index contributed by atoms with van der Waals surface area (Å²) in [5, 5.41) is 0. The summed E-state index contributed by atoms with van der Waals surface area (Å²) in [6.07, 6.45) is 1.37. The van der Waals surface area contributed by atoms with E-state index in [0.717, 1.165) is 0 Å². The van der Waals surface area contributed by atoms with Gasteiger partial charge in [0, 0.05) is 17.8 Å². The summed E-state index contributed by atoms with van der Waals surface area (Å²) in [6, 6.07) is 1.34. The SMILES string of the molecule is COC(=O)c1cnc(N)c(C(C)N)c1. The molecule has 0 aromatic carbocycles. The molecule has 5 nitrogen and oxygen atoms in total. The largest absolute Gasteiger partial charge is 0.465 e. The van der Waals surface area contributed by atoms with Gasteiger partial charge in [-0.15, -0.1) is 0 Å². The minimum atomic E-state index is -0.445. The van der Waals surface area contributed by atoms with Gasteiger partial charge >= 0.3 is 5.97 Å². The van der Waals surface area contributed by atoms with Gasteiger partial charge < -0.3 is 16.2 Å². The predicted octanol–water partition coefficient (Wildman–Crippen LogP) is 0.470. The molecule has 1 aromatic rings. The van der Waals surface area contributed by atoms with Gasteiger partial charge in [0.2, 0.25) is 0 Å². The van der Waals surface area contributed by atoms with Gasteiger partial charge in [0.05, 0.1) is 12.7 Å². The first-order valence-corrected chi connectivity index (χ1v) is 4.15. The summed E-state index contributed by atoms with van der Waals surface area (Å²) >= 11 is 0. The topological polar surface area (TPSA) is 91.2 Å². The minimum Gasteiger partial charge on any atom is -0.465 e. The van der Waals surface area contributed by atoms with Crippen molar-refractivity contribution >= 4 is 11.8 Å². The zero-order valence-electron chi connectivity index (χ0n) is 8.15. The number of ether oxygens (including phenoxy) is 1. The number of methoxy groups -OCH3 is 1. The third-order valence-corrected chi connectivity index (χ3v) is 1.86. The smallest absolute Gasteiger partial charge is 0.339 e. The van der Waals surface area contributed by atoms with E-state index in [1.165, 1.54) is 13.3 Å². The highest BCUT2D eigenvalue weighted by Gasteiger charge is 2.11. The first kappa shape index (κ1) is 10.5. The number of carbonyl (C=O) groups is 1. The molecule has 4 N–H and O–H groups in total. The van der Waals surface area contributed by atoms with Crippen LogP contribution in [0.25, 0.3) is 0 Å². The lowest BCUT2D eigenvalue weighted by Crippen LogP contribution is -2.12. The second-order valence-electron chi connectivity index (χ2n) is 2.98. The van der Waals surface area contributed by atoms with Crippen LogP contribution < -0.4 is 11.5 Å². The van der Waals surface area contributed by atoms with Crippen LogP contribution >= 0.6 is 0 Å². The van der Waals surface area contributed by atoms with Gasteiger partial charge in [-0.2, -0.15) is 0 Å². The van der Waals surface area contributed by atoms with Crippen molar-refractivity contribution in [2.45, 2.75) is 13.0 Å². The maximum atomic E-state index is 11.2. The van der Waals surface area contributed by atoms with Crippen molar-refractivity contribution < 1.29 is 9.53 Å². The summed E-state index contributed by atoms with van der Waals surface area (Å²) in [4.78, 5) is 15.0. The maximum Gasteiger partial charge on any atom is 0.339 e. The first-order valence-electron chi connectivity index (χ1n) is 4.15. The molecule has 0 bridgehead atoms. The van der Waals surface area contributed by atoms with E-state index in [1.807, 2.05) is 0 Å². The van der Waals surface area contributed by atoms with Crippen molar-refractivity contribution in [3.63, 3.8) is 0 Å². The summed E-state index contributed by atoms with van der Waals surface area (Å²) < 4.78 is 4.55. The number of aromatic nitrogens is 1. The van der Waals surface area contributed by atoms with E-state index >= 15 is 0 Å². The number of carbonyl (C=O) groups excluding carboxylic acids is 1. The molecule has 5 heteroatoms. The molecule has 0 aliphatic rings. The average molecular weight is 195 g/mol. The molecular formula is C9H13N3O2. The number of hydrogen-bond donors (Lipinski definition) is 2. The highest BCUT2D eigenvalue weighted by Crippen LogP contribution is 2.17. The molecule has 0 radical (unpaired) electrons. The number of pyridine rings is 1. The predicted molar refractivity (Wildman–Crippen MR) is 52.6 cm³/mol. The Morgan fingerprint density at radius 1 is 1.64 bits per heavy atom. The Morgan fingerprint density at radius 3 is 2.79 bits per heavy atom. The van der Waals surface area contributed by atoms with Gasteiger partial charge in [0.15, 0.2) is 0 Å². The van der Waals surface area contributed by atoms with E-state index < -0.39 is 5.97 Å². The lowest BCUT2D eigenvalue weighted by Gasteiger charge is -2.09. The molecule has 0 amide bonds. The van der Waals surface area contributed by atoms with Crippen LogP contribution in [-0.4, -0.2) is 18.1 Å². The van der Waals surface area contributed by atoms with Crippen molar-refractivity contribution in [1.29, 1.82) is 0 Å². The Kier molecular flexibility index (Phi) is 3.03. The molecule has 0 saturated carbocycles. The third-order valence-electron chi connectivity index (χ3n) is 1.86. The zero-order valence-corrected chi connectivity index (χ0v) is 8.15. The number of nitrogens with zero attached hydrogens (tertiary/aromatic N) is 1. The molecular weight excluding hydrogens is 182 g/mol. The van der Waals surface area contributed by atoms with Crippen LogP contribution in [0.4, 0.5) is 5.82 Å². The summed E-state index contributed by atoms with van der Waals surface area (Å²) in [7, 11) is 1.31. The molecule has 1 heterocycles. The highest BCUT2D eigenvalue weighted by molar-refractivity contribution is 5.89. The lowest BCUT2D eigenvalue weighted by atomic mass is 10.1. The normalized spacial score (nSPS) is 12.2. The van der Waals surface area contributed by atoms with Crippen LogP contribution in [0.5, 0.6) is 0 Å². The molecule has 0 spiro atoms. The Morgan fingerprint density at radius 2 is 2.29 bits per heavy atom. The van der Waals surface area contributed by atoms with Crippen LogP contribution in [0, 0.1) is 0 Å². The van der Waals surface area contributed by atoms with Gasteiger partial charge in [-0.3, -0.25) is 0 Å². The second kappa shape index (κ2) is 4.06. The van der Waals surface area contributed by atoms with Gasteiger partial charge in [-0.05, 0) is 13.0 Å². The van der Waals surface area contributed by atoms with Crippen molar-refractivity contribution in [1.82, 2.24) is 4.98 Å². The van der Waals surface area contributed by atoms with Crippen molar-refractivity contribution in [3.8, 4) is 0 Å². The fourth-order valence-electron chi connectivity index (χ4n) is 1.09. The van der Waals surface area contributed by atoms with Crippen LogP contribution in [0.15, 0.2) is 12.3 Å². The Labute approximate surface area is 82.1 Å². The molecule has 0 aliphatic carbocycles. The average Bonchev–Trinajstić information content (AvgIpc) is 2.17. The van der Waals surface area contributed by atoms with Crippen LogP contribution in [0.2, 0.25) is 0 Å². The summed E-state index contributed by atoms with van der Waals surface area (Å²) in [5.41, 5.74) is 12.2. The monoisotopic (exact) mass is 195 g/mol. The maximum absolute atomic E-state index is 11.2. The summed E-state index contributed by atoms with van der Waals surface area (Å²) in [5.74, 6) is -0.105. The van der Waals surface area contributed by atoms with Crippen molar-refractivity contribution in [2.75, 3.05) is 12.8 Å². The summed E-state index contributed by atoms with van der Waals surface area (Å²) in [6.45, 7) is 1.77. The number of esters is 1. The highest BCUT2D eigenvalue weighted by atomic mass is 16.5. The fourth-order valence-corrected chi connectivity index (χ4v) is 1.09. The minimum absolute atomic E-state index is 0.257. The molecule has 0 fully saturated rings. The van der Waals surface area contributed by atoms with E-state index in [1.54, 1.807) is 13.0 Å². The molecule has 1 aromatic heterocycles. The molecule has 14 heavy (non-hydrogen) atoms. The number of rotatable bonds is 2. The van der Waals surface area contributed by atoms with Crippen LogP contribution in [-0.2, 0) is 4.74 Å². The number of hydrogen-bond acceptors (Lipinski definition) is 5. The van der Waals surface area contributed by atoms with Gasteiger partial charge in [-0.1, -0.05) is 0 Å². The standard InChI is InChI=1S/C9H13N3O2/c1-5(10)7-3-6(9(13)14-2)4-12-8(7)11/h3-5H,10H2,1-2H3,(H2,11,12). The van der Waals surface area contributed by atoms with Gasteiger partial charge in [0.25, 0.3) is 0 Å². The van der Waals surface area contributed by atoms with Gasteiger partial charge in [-0.25, -0.2) is 9.78 Å². The number of nitrogens with two attached hydrogens (primary N) is 2. The molecule has 1 atom stereocenters. The van der Waals surface area contributed by atoms with Crippen LogP contribution in [0.1, 0.15) is 28.9 Å². The van der Waals surface area contributed by atoms with E-state index in [0.29, 0.717) is 16.9 Å². The van der Waals surface area contributed by atoms with E-state index in [2.05, 4.69) is 9.72 Å². The quantitative estimate of drug-likeness (QED) is 0.669. The first-order chi connectivity index (χ1) is 6.56. The molecule has 76 valence electrons. The van der Waals surface area contributed by atoms with Crippen LogP contribution in [0.3, 0.4) is 0 Å². The Balaban J connectivity index is 3.13. The zero-order chi connectivity index (χ0) is 10.7. The van der Waals surface area contributed by atoms with Crippen molar-refractivity contribution in [2.24, 2.45) is 5.73 Å². The van der Waals surface area contributed by atoms with E-state index in [9.17, 15) is 4.79 Å². The van der Waals surface area contributed by atoms with Crippen molar-refractivity contribution in [3.05, 3.63) is 23.4 Å². The molecule has 1 unspecified atom stereocenters.